The van der Waals surface area contributed by atoms with Gasteiger partial charge in [-0.05, 0) is 29.7 Å². The van der Waals surface area contributed by atoms with Gasteiger partial charge in [0.15, 0.2) is 11.5 Å². The second kappa shape index (κ2) is 8.69. The molecule has 0 aliphatic carbocycles. The van der Waals surface area contributed by atoms with Crippen LogP contribution in [-0.4, -0.2) is 44.5 Å². The highest BCUT2D eigenvalue weighted by atomic mass is 32.2. The summed E-state index contributed by atoms with van der Waals surface area (Å²) in [7, 11) is 0. The fourth-order valence-corrected chi connectivity index (χ4v) is 3.76. The van der Waals surface area contributed by atoms with E-state index < -0.39 is 0 Å². The number of carbonyl (C=O) groups excluding carboxylic acids is 1. The third-order valence-corrected chi connectivity index (χ3v) is 5.38. The van der Waals surface area contributed by atoms with Gasteiger partial charge in [-0.3, -0.25) is 4.79 Å². The van der Waals surface area contributed by atoms with Crippen LogP contribution in [0.4, 0.5) is 0 Å². The monoisotopic (exact) mass is 413 g/mol. The molecule has 4 rings (SSSR count). The Morgan fingerprint density at radius 1 is 1.28 bits per heavy atom. The number of nitrogens with one attached hydrogen (secondary N) is 1. The summed E-state index contributed by atoms with van der Waals surface area (Å²) in [6, 6.07) is 7.52. The van der Waals surface area contributed by atoms with Crippen molar-refractivity contribution in [2.75, 3.05) is 19.0 Å². The first-order valence-corrected chi connectivity index (χ1v) is 10.6. The van der Waals surface area contributed by atoms with Crippen LogP contribution in [0.15, 0.2) is 41.8 Å². The molecule has 0 bridgehead atoms. The van der Waals surface area contributed by atoms with E-state index in [4.69, 9.17) is 9.47 Å². The molecule has 1 aliphatic rings. The molecule has 1 N–H and O–H groups in total. The van der Waals surface area contributed by atoms with Crippen molar-refractivity contribution in [1.82, 2.24) is 24.9 Å². The Kier molecular flexibility index (Phi) is 5.84. The molecule has 0 saturated carbocycles. The van der Waals surface area contributed by atoms with Gasteiger partial charge in [-0.15, -0.1) is 5.10 Å². The Morgan fingerprint density at radius 3 is 2.90 bits per heavy atom. The molecule has 0 saturated heterocycles. The lowest BCUT2D eigenvalue weighted by Crippen LogP contribution is -2.33. The van der Waals surface area contributed by atoms with Crippen molar-refractivity contribution in [3.8, 4) is 11.5 Å². The summed E-state index contributed by atoms with van der Waals surface area (Å²) in [4.78, 5) is 21.0. The molecule has 152 valence electrons. The van der Waals surface area contributed by atoms with Crippen LogP contribution < -0.4 is 14.8 Å². The number of rotatable bonds is 6. The molecule has 0 fully saturated rings. The van der Waals surface area contributed by atoms with Crippen molar-refractivity contribution >= 4 is 23.4 Å². The number of ether oxygens (including phenoxy) is 2. The van der Waals surface area contributed by atoms with Crippen LogP contribution >= 0.6 is 11.8 Å². The van der Waals surface area contributed by atoms with E-state index in [9.17, 15) is 4.79 Å². The van der Waals surface area contributed by atoms with Gasteiger partial charge in [0.1, 0.15) is 0 Å². The van der Waals surface area contributed by atoms with E-state index in [1.807, 2.05) is 18.2 Å². The zero-order valence-corrected chi connectivity index (χ0v) is 17.2. The van der Waals surface area contributed by atoms with Crippen LogP contribution in [0.25, 0.3) is 5.78 Å². The van der Waals surface area contributed by atoms with E-state index in [1.165, 1.54) is 11.8 Å². The Balaban J connectivity index is 1.42. The highest BCUT2D eigenvalue weighted by Crippen LogP contribution is 2.34. The summed E-state index contributed by atoms with van der Waals surface area (Å²) in [5.41, 5.74) is 0.998. The average molecular weight is 414 g/mol. The van der Waals surface area contributed by atoms with Crippen LogP contribution in [0.5, 0.6) is 11.5 Å². The third kappa shape index (κ3) is 4.61. The number of fused-ring (bicyclic) bond motifs is 2. The van der Waals surface area contributed by atoms with Crippen molar-refractivity contribution in [2.45, 2.75) is 31.5 Å². The van der Waals surface area contributed by atoms with Crippen LogP contribution in [0.2, 0.25) is 0 Å². The molecule has 8 nitrogen and oxygen atoms in total. The second-order valence-electron chi connectivity index (χ2n) is 7.09. The van der Waals surface area contributed by atoms with E-state index in [0.717, 1.165) is 23.5 Å². The van der Waals surface area contributed by atoms with Crippen molar-refractivity contribution in [3.63, 3.8) is 0 Å². The summed E-state index contributed by atoms with van der Waals surface area (Å²) < 4.78 is 13.1. The lowest BCUT2D eigenvalue weighted by atomic mass is 9.95. The van der Waals surface area contributed by atoms with Gasteiger partial charge < -0.3 is 14.8 Å². The fourth-order valence-electron chi connectivity index (χ4n) is 3.13. The smallest absolute Gasteiger partial charge is 0.253 e. The van der Waals surface area contributed by atoms with Crippen LogP contribution in [0.3, 0.4) is 0 Å². The van der Waals surface area contributed by atoms with Gasteiger partial charge in [0.2, 0.25) is 11.1 Å². The van der Waals surface area contributed by atoms with Gasteiger partial charge in [-0.25, -0.2) is 9.50 Å². The van der Waals surface area contributed by atoms with E-state index >= 15 is 0 Å². The van der Waals surface area contributed by atoms with Gasteiger partial charge in [-0.2, -0.15) is 4.98 Å². The number of aromatic nitrogens is 4. The number of hydrogen-bond acceptors (Lipinski definition) is 7. The molecule has 0 radical (unpaired) electrons. The summed E-state index contributed by atoms with van der Waals surface area (Å²) in [6.45, 7) is 5.44. The number of thioether (sulfide) groups is 1. The molecule has 1 aromatic carbocycles. The van der Waals surface area contributed by atoms with Crippen molar-refractivity contribution in [3.05, 3.63) is 42.2 Å². The normalized spacial score (nSPS) is 14.6. The minimum absolute atomic E-state index is 0.0763. The highest BCUT2D eigenvalue weighted by Gasteiger charge is 2.21. The molecular formula is C20H23N5O3S. The number of nitrogens with zero attached hydrogens (tertiary/aromatic N) is 4. The molecule has 1 atom stereocenters. The summed E-state index contributed by atoms with van der Waals surface area (Å²) >= 11 is 1.29. The number of benzene rings is 1. The second-order valence-corrected chi connectivity index (χ2v) is 8.04. The molecule has 3 heterocycles. The first-order valence-electron chi connectivity index (χ1n) is 9.59. The Labute approximate surface area is 173 Å². The summed E-state index contributed by atoms with van der Waals surface area (Å²) in [5, 5.41) is 7.96. The minimum atomic E-state index is -0.129. The average Bonchev–Trinajstić information content (AvgIpc) is 2.99. The predicted octanol–water partition coefficient (Wildman–Crippen LogP) is 2.89. The zero-order chi connectivity index (χ0) is 20.2. The number of hydrogen-bond donors (Lipinski definition) is 1. The van der Waals surface area contributed by atoms with Gasteiger partial charge in [0, 0.05) is 18.8 Å². The molecule has 29 heavy (non-hydrogen) atoms. The summed E-state index contributed by atoms with van der Waals surface area (Å²) in [6.07, 6.45) is 4.30. The minimum Gasteiger partial charge on any atom is -0.490 e. The molecule has 3 aromatic rings. The molecule has 0 spiro atoms. The lowest BCUT2D eigenvalue weighted by molar-refractivity contribution is -0.119. The molecule has 0 unspecified atom stereocenters. The fraction of sp³-hybridized carbons (Fsp3) is 0.400. The third-order valence-electron chi connectivity index (χ3n) is 4.54. The van der Waals surface area contributed by atoms with Gasteiger partial charge in [-0.1, -0.05) is 31.7 Å². The van der Waals surface area contributed by atoms with Crippen molar-refractivity contribution in [1.29, 1.82) is 0 Å². The van der Waals surface area contributed by atoms with Gasteiger partial charge >= 0.3 is 0 Å². The maximum absolute atomic E-state index is 12.6. The van der Waals surface area contributed by atoms with Crippen molar-refractivity contribution in [2.24, 2.45) is 5.92 Å². The molecule has 1 amide bonds. The zero-order valence-electron chi connectivity index (χ0n) is 16.4. The molecular weight excluding hydrogens is 390 g/mol. The van der Waals surface area contributed by atoms with Gasteiger partial charge in [0.05, 0.1) is 25.0 Å². The first kappa shape index (κ1) is 19.5. The lowest BCUT2D eigenvalue weighted by Gasteiger charge is -2.23. The standard InChI is InChI=1S/C20H23N5O3S/c1-13(2)18(14-5-6-15-16(11-14)28-10-4-9-27-15)22-17(26)12-29-20-23-19-21-7-3-8-25(19)24-20/h3,5-8,11,13,18H,4,9-10,12H2,1-2H3,(H,22,26)/t18-/m1/s1. The van der Waals surface area contributed by atoms with E-state index in [-0.39, 0.29) is 23.6 Å². The number of amides is 1. The molecule has 9 heteroatoms. The first-order chi connectivity index (χ1) is 14.1. The Morgan fingerprint density at radius 2 is 2.10 bits per heavy atom. The highest BCUT2D eigenvalue weighted by molar-refractivity contribution is 7.99. The van der Waals surface area contributed by atoms with E-state index in [2.05, 4.69) is 34.2 Å². The van der Waals surface area contributed by atoms with Gasteiger partial charge in [0.25, 0.3) is 5.78 Å². The topological polar surface area (TPSA) is 90.6 Å². The Bertz CT molecular complexity index is 974. The maximum Gasteiger partial charge on any atom is 0.253 e. The molecule has 2 aromatic heterocycles. The van der Waals surface area contributed by atoms with Crippen LogP contribution in [0.1, 0.15) is 31.9 Å². The number of carbonyl (C=O) groups is 1. The van der Waals surface area contributed by atoms with Crippen molar-refractivity contribution < 1.29 is 14.3 Å². The largest absolute Gasteiger partial charge is 0.490 e. The maximum atomic E-state index is 12.6. The van der Waals surface area contributed by atoms with E-state index in [0.29, 0.717) is 24.1 Å². The van der Waals surface area contributed by atoms with E-state index in [1.54, 1.807) is 23.0 Å². The van der Waals surface area contributed by atoms with Crippen LogP contribution in [0, 0.1) is 5.92 Å². The van der Waals surface area contributed by atoms with Crippen LogP contribution in [-0.2, 0) is 4.79 Å². The molecule has 1 aliphatic heterocycles. The quantitative estimate of drug-likeness (QED) is 0.621. The SMILES string of the molecule is CC(C)[C@@H](NC(=O)CSc1nc2ncccn2n1)c1ccc2c(c1)OCCCO2. The predicted molar refractivity (Wildman–Crippen MR) is 109 cm³/mol. The Hall–Kier alpha value is -2.81. The summed E-state index contributed by atoms with van der Waals surface area (Å²) in [5.74, 6) is 2.37.